The van der Waals surface area contributed by atoms with Crippen LogP contribution in [0.2, 0.25) is 0 Å². The first-order valence-corrected chi connectivity index (χ1v) is 4.43. The second kappa shape index (κ2) is 3.15. The SMILES string of the molecule is CC1CC2=C(C(=O)C=CC2=O)C(O)O1. The maximum atomic E-state index is 11.4. The van der Waals surface area contributed by atoms with Crippen molar-refractivity contribution in [1.29, 1.82) is 0 Å². The Kier molecular flexibility index (Phi) is 2.09. The van der Waals surface area contributed by atoms with Crippen LogP contribution in [0.25, 0.3) is 0 Å². The Morgan fingerprint density at radius 2 is 2.00 bits per heavy atom. The van der Waals surface area contributed by atoms with Crippen molar-refractivity contribution < 1.29 is 19.4 Å². The number of aliphatic hydroxyl groups excluding tert-OH is 1. The molecule has 1 N–H and O–H groups in total. The molecule has 0 bridgehead atoms. The molecule has 0 aromatic carbocycles. The second-order valence-corrected chi connectivity index (χ2v) is 3.46. The zero-order valence-corrected chi connectivity index (χ0v) is 7.69. The largest absolute Gasteiger partial charge is 0.364 e. The van der Waals surface area contributed by atoms with Crippen molar-refractivity contribution in [2.75, 3.05) is 0 Å². The molecule has 1 aliphatic heterocycles. The number of rotatable bonds is 0. The van der Waals surface area contributed by atoms with E-state index in [2.05, 4.69) is 0 Å². The van der Waals surface area contributed by atoms with Gasteiger partial charge < -0.3 is 9.84 Å². The lowest BCUT2D eigenvalue weighted by Gasteiger charge is -2.28. The maximum absolute atomic E-state index is 11.4. The molecule has 2 aliphatic rings. The quantitative estimate of drug-likeness (QED) is 0.556. The van der Waals surface area contributed by atoms with Crippen LogP contribution in [0.3, 0.4) is 0 Å². The highest BCUT2D eigenvalue weighted by Crippen LogP contribution is 2.28. The van der Waals surface area contributed by atoms with E-state index in [9.17, 15) is 14.7 Å². The number of aliphatic hydroxyl groups is 1. The van der Waals surface area contributed by atoms with Gasteiger partial charge in [-0.05, 0) is 19.1 Å². The summed E-state index contributed by atoms with van der Waals surface area (Å²) >= 11 is 0. The number of ether oxygens (including phenoxy) is 1. The summed E-state index contributed by atoms with van der Waals surface area (Å²) in [6.45, 7) is 1.75. The molecule has 2 rings (SSSR count). The minimum Gasteiger partial charge on any atom is -0.364 e. The van der Waals surface area contributed by atoms with Crippen LogP contribution in [0, 0.1) is 0 Å². The van der Waals surface area contributed by atoms with Crippen LogP contribution in [0.5, 0.6) is 0 Å². The topological polar surface area (TPSA) is 63.6 Å². The number of carbonyl (C=O) groups excluding carboxylic acids is 2. The monoisotopic (exact) mass is 194 g/mol. The number of carbonyl (C=O) groups is 2. The van der Waals surface area contributed by atoms with Gasteiger partial charge in [0.15, 0.2) is 17.9 Å². The molecule has 4 nitrogen and oxygen atoms in total. The molecule has 14 heavy (non-hydrogen) atoms. The van der Waals surface area contributed by atoms with Crippen LogP contribution in [-0.2, 0) is 14.3 Å². The van der Waals surface area contributed by atoms with Crippen LogP contribution in [0.15, 0.2) is 23.3 Å². The van der Waals surface area contributed by atoms with Gasteiger partial charge in [0.25, 0.3) is 0 Å². The van der Waals surface area contributed by atoms with Crippen molar-refractivity contribution in [3.63, 3.8) is 0 Å². The van der Waals surface area contributed by atoms with Gasteiger partial charge in [-0.1, -0.05) is 0 Å². The summed E-state index contributed by atoms with van der Waals surface area (Å²) < 4.78 is 5.07. The Hall–Kier alpha value is -1.26. The highest BCUT2D eigenvalue weighted by Gasteiger charge is 2.34. The molecule has 0 aromatic rings. The third kappa shape index (κ3) is 1.32. The molecule has 0 aromatic heterocycles. The lowest BCUT2D eigenvalue weighted by Crippen LogP contribution is -2.35. The van der Waals surface area contributed by atoms with Crippen molar-refractivity contribution in [3.8, 4) is 0 Å². The van der Waals surface area contributed by atoms with Crippen molar-refractivity contribution >= 4 is 11.6 Å². The van der Waals surface area contributed by atoms with Gasteiger partial charge in [-0.15, -0.1) is 0 Å². The van der Waals surface area contributed by atoms with Crippen LogP contribution >= 0.6 is 0 Å². The van der Waals surface area contributed by atoms with E-state index in [1.807, 2.05) is 0 Å². The fraction of sp³-hybridized carbons (Fsp3) is 0.400. The molecule has 4 heteroatoms. The maximum Gasteiger partial charge on any atom is 0.187 e. The van der Waals surface area contributed by atoms with Crippen molar-refractivity contribution in [2.45, 2.75) is 25.7 Å². The van der Waals surface area contributed by atoms with E-state index in [4.69, 9.17) is 4.74 Å². The summed E-state index contributed by atoms with van der Waals surface area (Å²) in [6, 6.07) is 0. The molecular formula is C10H10O4. The van der Waals surface area contributed by atoms with Crippen LogP contribution < -0.4 is 0 Å². The van der Waals surface area contributed by atoms with E-state index < -0.39 is 6.29 Å². The van der Waals surface area contributed by atoms with E-state index in [1.54, 1.807) is 6.92 Å². The van der Waals surface area contributed by atoms with E-state index in [0.717, 1.165) is 0 Å². The molecule has 0 amide bonds. The van der Waals surface area contributed by atoms with Crippen LogP contribution in [0.1, 0.15) is 13.3 Å². The Balaban J connectivity index is 2.46. The molecular weight excluding hydrogens is 184 g/mol. The minimum atomic E-state index is -1.25. The lowest BCUT2D eigenvalue weighted by molar-refractivity contribution is -0.135. The van der Waals surface area contributed by atoms with Gasteiger partial charge in [0, 0.05) is 12.0 Å². The van der Waals surface area contributed by atoms with E-state index in [0.29, 0.717) is 12.0 Å². The molecule has 0 fully saturated rings. The summed E-state index contributed by atoms with van der Waals surface area (Å²) in [7, 11) is 0. The summed E-state index contributed by atoms with van der Waals surface area (Å²) in [4.78, 5) is 22.8. The molecule has 1 aliphatic carbocycles. The zero-order valence-electron chi connectivity index (χ0n) is 7.69. The van der Waals surface area contributed by atoms with Gasteiger partial charge in [0.05, 0.1) is 11.7 Å². The fourth-order valence-corrected chi connectivity index (χ4v) is 1.73. The molecule has 0 saturated heterocycles. The minimum absolute atomic E-state index is 0.107. The average Bonchev–Trinajstić information content (AvgIpc) is 2.10. The molecule has 2 unspecified atom stereocenters. The van der Waals surface area contributed by atoms with E-state index >= 15 is 0 Å². The lowest BCUT2D eigenvalue weighted by atomic mass is 9.89. The van der Waals surface area contributed by atoms with Crippen molar-refractivity contribution in [2.24, 2.45) is 0 Å². The van der Waals surface area contributed by atoms with Gasteiger partial charge in [0.2, 0.25) is 0 Å². The smallest absolute Gasteiger partial charge is 0.187 e. The van der Waals surface area contributed by atoms with E-state index in [1.165, 1.54) is 12.2 Å². The standard InChI is InChI=1S/C10H10O4/c1-5-4-6-7(11)2-3-8(12)9(6)10(13)14-5/h2-3,5,10,13H,4H2,1H3. The molecule has 0 spiro atoms. The van der Waals surface area contributed by atoms with Crippen LogP contribution in [0.4, 0.5) is 0 Å². The first-order chi connectivity index (χ1) is 6.59. The van der Waals surface area contributed by atoms with Gasteiger partial charge in [0.1, 0.15) is 0 Å². The Labute approximate surface area is 80.9 Å². The first-order valence-electron chi connectivity index (χ1n) is 4.43. The van der Waals surface area contributed by atoms with Crippen LogP contribution in [-0.4, -0.2) is 29.1 Å². The Bertz CT molecular complexity index is 364. The number of hydrogen-bond acceptors (Lipinski definition) is 4. The molecule has 0 radical (unpaired) electrons. The molecule has 1 heterocycles. The average molecular weight is 194 g/mol. The summed E-state index contributed by atoms with van der Waals surface area (Å²) in [5, 5.41) is 9.48. The highest BCUT2D eigenvalue weighted by atomic mass is 16.6. The van der Waals surface area contributed by atoms with Gasteiger partial charge in [-0.2, -0.15) is 0 Å². The zero-order chi connectivity index (χ0) is 10.3. The third-order valence-electron chi connectivity index (χ3n) is 2.37. The van der Waals surface area contributed by atoms with Gasteiger partial charge in [-0.25, -0.2) is 0 Å². The predicted molar refractivity (Wildman–Crippen MR) is 47.4 cm³/mol. The fourth-order valence-electron chi connectivity index (χ4n) is 1.73. The predicted octanol–water partition coefficient (Wildman–Crippen LogP) is 0.118. The number of allylic oxidation sites excluding steroid dienone is 2. The summed E-state index contributed by atoms with van der Waals surface area (Å²) in [5.74, 6) is -0.534. The molecule has 74 valence electrons. The number of hydrogen-bond donors (Lipinski definition) is 1. The molecule has 0 saturated carbocycles. The first kappa shape index (κ1) is 9.30. The number of ketones is 2. The molecule has 2 atom stereocenters. The third-order valence-corrected chi connectivity index (χ3v) is 2.37. The highest BCUT2D eigenvalue weighted by molar-refractivity contribution is 6.20. The summed E-state index contributed by atoms with van der Waals surface area (Å²) in [6.07, 6.45) is 1.32. The van der Waals surface area contributed by atoms with E-state index in [-0.39, 0.29) is 23.2 Å². The van der Waals surface area contributed by atoms with Gasteiger partial charge in [-0.3, -0.25) is 9.59 Å². The second-order valence-electron chi connectivity index (χ2n) is 3.46. The van der Waals surface area contributed by atoms with Crippen molar-refractivity contribution in [3.05, 3.63) is 23.3 Å². The van der Waals surface area contributed by atoms with Gasteiger partial charge >= 0.3 is 0 Å². The normalized spacial score (nSPS) is 32.1. The van der Waals surface area contributed by atoms with Crippen molar-refractivity contribution in [1.82, 2.24) is 0 Å². The summed E-state index contributed by atoms with van der Waals surface area (Å²) in [5.41, 5.74) is 0.499. The Morgan fingerprint density at radius 3 is 2.71 bits per heavy atom. The Morgan fingerprint density at radius 1 is 1.36 bits per heavy atom.